The van der Waals surface area contributed by atoms with E-state index in [2.05, 4.69) is 19.9 Å². The van der Waals surface area contributed by atoms with Crippen LogP contribution in [0, 0.1) is 17.8 Å². The molecule has 0 saturated carbocycles. The highest BCUT2D eigenvalue weighted by Gasteiger charge is 2.55. The van der Waals surface area contributed by atoms with E-state index in [9.17, 15) is 14.7 Å². The number of ether oxygens (including phenoxy) is 1. The van der Waals surface area contributed by atoms with Gasteiger partial charge in [0.25, 0.3) is 0 Å². The lowest BCUT2D eigenvalue weighted by molar-refractivity contribution is -0.138. The number of allylic oxidation sites excluding steroid dienone is 2. The van der Waals surface area contributed by atoms with Gasteiger partial charge < -0.3 is 9.84 Å². The second-order valence-electron chi connectivity index (χ2n) is 9.03. The highest BCUT2D eigenvalue weighted by molar-refractivity contribution is 6.32. The Labute approximate surface area is 188 Å². The highest BCUT2D eigenvalue weighted by atomic mass is 35.5. The number of hydrogen-bond donors (Lipinski definition) is 1. The van der Waals surface area contributed by atoms with Crippen LogP contribution >= 0.6 is 11.6 Å². The molecule has 3 aliphatic rings. The molecule has 5 nitrogen and oxygen atoms in total. The summed E-state index contributed by atoms with van der Waals surface area (Å²) in [7, 11) is 1.60. The zero-order valence-electron chi connectivity index (χ0n) is 18.4. The van der Waals surface area contributed by atoms with E-state index in [1.165, 1.54) is 21.6 Å². The third-order valence-corrected chi connectivity index (χ3v) is 7.34. The van der Waals surface area contributed by atoms with Crippen molar-refractivity contribution < 1.29 is 19.4 Å². The molecule has 1 N–H and O–H groups in total. The second kappa shape index (κ2) is 8.79. The zero-order valence-corrected chi connectivity index (χ0v) is 19.1. The summed E-state index contributed by atoms with van der Waals surface area (Å²) >= 11 is 6.30. The maximum Gasteiger partial charge on any atom is 0.233 e. The van der Waals surface area contributed by atoms with Gasteiger partial charge in [-0.05, 0) is 61.9 Å². The van der Waals surface area contributed by atoms with Crippen molar-refractivity contribution >= 4 is 29.5 Å². The molecule has 0 radical (unpaired) electrons. The summed E-state index contributed by atoms with van der Waals surface area (Å²) in [6.45, 7) is 4.76. The lowest BCUT2D eigenvalue weighted by Gasteiger charge is -2.30. The van der Waals surface area contributed by atoms with Crippen LogP contribution in [0.15, 0.2) is 34.9 Å². The number of rotatable bonds is 6. The zero-order chi connectivity index (χ0) is 22.3. The minimum Gasteiger partial charge on any atom is -0.508 e. The van der Waals surface area contributed by atoms with Crippen molar-refractivity contribution in [3.05, 3.63) is 45.5 Å². The van der Waals surface area contributed by atoms with Crippen molar-refractivity contribution in [2.24, 2.45) is 17.8 Å². The minimum atomic E-state index is -0.261. The Hall–Kier alpha value is -2.11. The van der Waals surface area contributed by atoms with E-state index < -0.39 is 0 Å². The number of likely N-dealkylation sites (tertiary alicyclic amines) is 1. The first-order valence-corrected chi connectivity index (χ1v) is 11.5. The Morgan fingerprint density at radius 3 is 2.74 bits per heavy atom. The van der Waals surface area contributed by atoms with Gasteiger partial charge in [0.1, 0.15) is 5.75 Å². The Balaban J connectivity index is 1.51. The molecule has 2 heterocycles. The molecule has 4 rings (SSSR count). The molecule has 0 spiro atoms. The van der Waals surface area contributed by atoms with Crippen molar-refractivity contribution in [1.29, 1.82) is 0 Å². The average Bonchev–Trinajstić information content (AvgIpc) is 3.24. The van der Waals surface area contributed by atoms with E-state index in [0.29, 0.717) is 18.1 Å². The van der Waals surface area contributed by atoms with Crippen LogP contribution in [-0.4, -0.2) is 41.6 Å². The van der Waals surface area contributed by atoms with Gasteiger partial charge in [0, 0.05) is 13.0 Å². The molecule has 2 amide bonds. The quantitative estimate of drug-likeness (QED) is 0.497. The van der Waals surface area contributed by atoms with E-state index in [1.807, 2.05) is 6.07 Å². The molecule has 2 saturated heterocycles. The number of fused-ring (bicyclic) bond motifs is 3. The molecule has 0 unspecified atom stereocenters. The van der Waals surface area contributed by atoms with E-state index >= 15 is 0 Å². The van der Waals surface area contributed by atoms with Gasteiger partial charge in [-0.2, -0.15) is 0 Å². The van der Waals surface area contributed by atoms with Gasteiger partial charge in [-0.1, -0.05) is 42.2 Å². The van der Waals surface area contributed by atoms with Crippen LogP contribution in [0.25, 0.3) is 6.08 Å². The second-order valence-corrected chi connectivity index (χ2v) is 9.44. The molecule has 4 atom stereocenters. The fraction of sp³-hybridized carbons (Fsp3) is 0.520. The standard InChI is InChI=1S/C25H30ClNO4/c1-4-5-15(11-16-7-8-17(28)12-20(16)26)6-9-21-22-14(2)10-18-23(19(22)13-31-21)25(30)27(3)24(18)29/h7-8,11-12,18-19,21,23,28H,4-6,9-10,13H2,1-3H3/b15-11+/t18-,19+,21-,23-/m1/s1. The average molecular weight is 444 g/mol. The lowest BCUT2D eigenvalue weighted by Crippen LogP contribution is -2.33. The van der Waals surface area contributed by atoms with E-state index in [-0.39, 0.29) is 41.4 Å². The monoisotopic (exact) mass is 443 g/mol. The molecule has 0 aromatic heterocycles. The number of aromatic hydroxyl groups is 1. The third kappa shape index (κ3) is 4.06. The maximum absolute atomic E-state index is 12.7. The Kier molecular flexibility index (Phi) is 6.27. The topological polar surface area (TPSA) is 66.8 Å². The summed E-state index contributed by atoms with van der Waals surface area (Å²) in [5.41, 5.74) is 4.66. The molecule has 2 aliphatic heterocycles. The molecule has 6 heteroatoms. The van der Waals surface area contributed by atoms with Crippen LogP contribution in [0.2, 0.25) is 5.02 Å². The first kappa shape index (κ1) is 22.1. The van der Waals surface area contributed by atoms with Gasteiger partial charge in [-0.3, -0.25) is 14.5 Å². The lowest BCUT2D eigenvalue weighted by atomic mass is 9.70. The van der Waals surface area contributed by atoms with Gasteiger partial charge in [-0.15, -0.1) is 0 Å². The first-order chi connectivity index (χ1) is 14.8. The third-order valence-electron chi connectivity index (χ3n) is 7.02. The van der Waals surface area contributed by atoms with Gasteiger partial charge in [-0.25, -0.2) is 0 Å². The number of nitrogens with zero attached hydrogens (tertiary/aromatic N) is 1. The smallest absolute Gasteiger partial charge is 0.233 e. The fourth-order valence-corrected chi connectivity index (χ4v) is 5.78. The number of benzene rings is 1. The number of amides is 2. The van der Waals surface area contributed by atoms with Crippen LogP contribution in [0.3, 0.4) is 0 Å². The molecule has 1 aliphatic carbocycles. The summed E-state index contributed by atoms with van der Waals surface area (Å²) in [6.07, 6.45) is 6.49. The van der Waals surface area contributed by atoms with E-state index in [4.69, 9.17) is 16.3 Å². The summed E-state index contributed by atoms with van der Waals surface area (Å²) < 4.78 is 6.19. The largest absolute Gasteiger partial charge is 0.508 e. The van der Waals surface area contributed by atoms with Crippen molar-refractivity contribution in [3.8, 4) is 5.75 Å². The molecular weight excluding hydrogens is 414 g/mol. The number of carbonyl (C=O) groups is 2. The summed E-state index contributed by atoms with van der Waals surface area (Å²) in [6, 6.07) is 5.04. The van der Waals surface area contributed by atoms with Crippen LogP contribution in [-0.2, 0) is 14.3 Å². The van der Waals surface area contributed by atoms with Crippen molar-refractivity contribution in [2.45, 2.75) is 52.1 Å². The summed E-state index contributed by atoms with van der Waals surface area (Å²) in [5.74, 6) is -0.398. The number of phenols is 1. The predicted octanol–water partition coefficient (Wildman–Crippen LogP) is 4.98. The fourth-order valence-electron chi connectivity index (χ4n) is 5.55. The molecule has 2 fully saturated rings. The number of halogens is 1. The molecule has 1 aromatic rings. The molecule has 1 aromatic carbocycles. The normalized spacial score (nSPS) is 28.4. The van der Waals surface area contributed by atoms with Crippen molar-refractivity contribution in [2.75, 3.05) is 13.7 Å². The maximum atomic E-state index is 12.7. The van der Waals surface area contributed by atoms with Gasteiger partial charge in [0.15, 0.2) is 0 Å². The van der Waals surface area contributed by atoms with Crippen LogP contribution in [0.1, 0.15) is 51.5 Å². The first-order valence-electron chi connectivity index (χ1n) is 11.1. The van der Waals surface area contributed by atoms with Crippen molar-refractivity contribution in [1.82, 2.24) is 4.90 Å². The van der Waals surface area contributed by atoms with E-state index in [1.54, 1.807) is 19.2 Å². The molecule has 31 heavy (non-hydrogen) atoms. The van der Waals surface area contributed by atoms with E-state index in [0.717, 1.165) is 31.2 Å². The van der Waals surface area contributed by atoms with Crippen LogP contribution < -0.4 is 0 Å². The van der Waals surface area contributed by atoms with Gasteiger partial charge >= 0.3 is 0 Å². The Bertz CT molecular complexity index is 966. The Morgan fingerprint density at radius 1 is 1.26 bits per heavy atom. The SMILES string of the molecule is CCC/C(=C\c1ccc(O)cc1Cl)CC[C@H]1OC[C@H]2C1=C(C)C[C@H]1C(=O)N(C)C(=O)[C@H]12. The number of imide groups is 1. The van der Waals surface area contributed by atoms with Crippen LogP contribution in [0.4, 0.5) is 0 Å². The molecule has 0 bridgehead atoms. The summed E-state index contributed by atoms with van der Waals surface area (Å²) in [4.78, 5) is 26.5. The minimum absolute atomic E-state index is 0.00435. The number of carbonyl (C=O) groups excluding carboxylic acids is 2. The summed E-state index contributed by atoms with van der Waals surface area (Å²) in [5, 5.41) is 10.1. The Morgan fingerprint density at radius 2 is 2.03 bits per heavy atom. The predicted molar refractivity (Wildman–Crippen MR) is 121 cm³/mol. The van der Waals surface area contributed by atoms with Gasteiger partial charge in [0.2, 0.25) is 11.8 Å². The molecule has 166 valence electrons. The van der Waals surface area contributed by atoms with Crippen LogP contribution in [0.5, 0.6) is 5.75 Å². The number of hydrogen-bond acceptors (Lipinski definition) is 4. The highest BCUT2D eigenvalue weighted by Crippen LogP contribution is 2.49. The van der Waals surface area contributed by atoms with Crippen molar-refractivity contribution in [3.63, 3.8) is 0 Å². The van der Waals surface area contributed by atoms with Gasteiger partial charge in [0.05, 0.1) is 29.6 Å². The molecular formula is C25H30ClNO4. The number of phenolic OH excluding ortho intramolecular Hbond substituents is 1.